The van der Waals surface area contributed by atoms with Crippen molar-refractivity contribution in [1.29, 1.82) is 0 Å². The number of hydrogen-bond donors (Lipinski definition) is 1. The summed E-state index contributed by atoms with van der Waals surface area (Å²) in [6.45, 7) is 0.499. The van der Waals surface area contributed by atoms with E-state index in [4.69, 9.17) is 11.6 Å². The maximum atomic E-state index is 11.6. The van der Waals surface area contributed by atoms with Crippen LogP contribution in [0.2, 0.25) is 5.02 Å². The SMILES string of the molecule is O=C(NCc1ccc(Cl)cc1)C(I)=C(Br)I. The van der Waals surface area contributed by atoms with Crippen molar-refractivity contribution >= 4 is 78.6 Å². The first-order valence-electron chi connectivity index (χ1n) is 4.24. The summed E-state index contributed by atoms with van der Waals surface area (Å²) in [4.78, 5) is 11.6. The molecule has 0 radical (unpaired) electrons. The quantitative estimate of drug-likeness (QED) is 0.460. The third-order valence-corrected chi connectivity index (χ3v) is 5.72. The summed E-state index contributed by atoms with van der Waals surface area (Å²) in [5.41, 5.74) is 1.02. The standard InChI is InChI=1S/C10H7BrClI2NO/c11-9(14)8(13)10(16)15-5-6-1-3-7(12)4-2-6/h1-4H,5H2,(H,15,16). The summed E-state index contributed by atoms with van der Waals surface area (Å²) in [6, 6.07) is 7.38. The van der Waals surface area contributed by atoms with Crippen molar-refractivity contribution in [3.05, 3.63) is 40.9 Å². The van der Waals surface area contributed by atoms with E-state index in [-0.39, 0.29) is 5.91 Å². The Bertz CT molecular complexity index is 415. The number of carbonyl (C=O) groups is 1. The Morgan fingerprint density at radius 1 is 1.31 bits per heavy atom. The largest absolute Gasteiger partial charge is 0.348 e. The Balaban J connectivity index is 2.56. The minimum absolute atomic E-state index is 0.0863. The molecule has 0 atom stereocenters. The van der Waals surface area contributed by atoms with Gasteiger partial charge in [-0.3, -0.25) is 4.79 Å². The number of rotatable bonds is 3. The van der Waals surface area contributed by atoms with E-state index < -0.39 is 0 Å². The van der Waals surface area contributed by atoms with Crippen LogP contribution in [0.1, 0.15) is 5.56 Å². The molecule has 1 amide bonds. The monoisotopic (exact) mass is 525 g/mol. The summed E-state index contributed by atoms with van der Waals surface area (Å²) in [7, 11) is 0. The van der Waals surface area contributed by atoms with Crippen LogP contribution >= 0.6 is 72.7 Å². The van der Waals surface area contributed by atoms with Crippen LogP contribution in [0.15, 0.2) is 30.3 Å². The van der Waals surface area contributed by atoms with Crippen molar-refractivity contribution in [2.24, 2.45) is 0 Å². The van der Waals surface area contributed by atoms with Crippen molar-refractivity contribution in [1.82, 2.24) is 5.32 Å². The van der Waals surface area contributed by atoms with Gasteiger partial charge in [-0.2, -0.15) is 0 Å². The maximum absolute atomic E-state index is 11.6. The van der Waals surface area contributed by atoms with Gasteiger partial charge in [0, 0.05) is 11.6 Å². The lowest BCUT2D eigenvalue weighted by molar-refractivity contribution is -0.116. The number of halogens is 4. The molecule has 0 fully saturated rings. The Morgan fingerprint density at radius 2 is 1.88 bits per heavy atom. The molecule has 0 aliphatic carbocycles. The van der Waals surface area contributed by atoms with Gasteiger partial charge < -0.3 is 5.32 Å². The van der Waals surface area contributed by atoms with E-state index in [1.165, 1.54) is 0 Å². The molecule has 0 saturated heterocycles. The third kappa shape index (κ3) is 4.89. The molecule has 86 valence electrons. The molecule has 6 heteroatoms. The van der Waals surface area contributed by atoms with Gasteiger partial charge in [0.25, 0.3) is 5.91 Å². The smallest absolute Gasteiger partial charge is 0.259 e. The van der Waals surface area contributed by atoms with Gasteiger partial charge in [-0.25, -0.2) is 0 Å². The van der Waals surface area contributed by atoms with Crippen molar-refractivity contribution in [3.63, 3.8) is 0 Å². The molecular formula is C10H7BrClI2NO. The van der Waals surface area contributed by atoms with Crippen LogP contribution in [0.4, 0.5) is 0 Å². The Kier molecular flexibility index (Phi) is 6.60. The fourth-order valence-corrected chi connectivity index (χ4v) is 1.69. The van der Waals surface area contributed by atoms with E-state index in [1.54, 1.807) is 12.1 Å². The molecule has 0 aliphatic heterocycles. The second kappa shape index (κ2) is 7.17. The topological polar surface area (TPSA) is 29.1 Å². The molecule has 0 spiro atoms. The second-order valence-electron chi connectivity index (χ2n) is 2.88. The highest BCUT2D eigenvalue weighted by atomic mass is 127. The minimum Gasteiger partial charge on any atom is -0.348 e. The number of hydrogen-bond acceptors (Lipinski definition) is 1. The first-order chi connectivity index (χ1) is 7.50. The van der Waals surface area contributed by atoms with Crippen LogP contribution in [0.5, 0.6) is 0 Å². The van der Waals surface area contributed by atoms with Crippen LogP contribution in [0, 0.1) is 0 Å². The van der Waals surface area contributed by atoms with E-state index in [0.717, 1.165) is 8.05 Å². The lowest BCUT2D eigenvalue weighted by Crippen LogP contribution is -2.22. The van der Waals surface area contributed by atoms with Gasteiger partial charge in [0.15, 0.2) is 0 Å². The zero-order valence-electron chi connectivity index (χ0n) is 7.94. The number of benzene rings is 1. The van der Waals surface area contributed by atoms with Gasteiger partial charge >= 0.3 is 0 Å². The summed E-state index contributed by atoms with van der Waals surface area (Å²) in [6.07, 6.45) is 0. The Hall–Kier alpha value is 0.660. The number of nitrogens with one attached hydrogen (secondary N) is 1. The van der Waals surface area contributed by atoms with Gasteiger partial charge in [-0.15, -0.1) is 0 Å². The third-order valence-electron chi connectivity index (χ3n) is 1.73. The van der Waals surface area contributed by atoms with E-state index in [1.807, 2.05) is 34.7 Å². The lowest BCUT2D eigenvalue weighted by Gasteiger charge is -2.05. The molecule has 0 aromatic heterocycles. The zero-order chi connectivity index (χ0) is 12.1. The Morgan fingerprint density at radius 3 is 2.38 bits per heavy atom. The summed E-state index contributed by atoms with van der Waals surface area (Å²) in [5, 5.41) is 3.51. The lowest BCUT2D eigenvalue weighted by atomic mass is 10.2. The molecular weight excluding hydrogens is 519 g/mol. The van der Waals surface area contributed by atoms with Crippen molar-refractivity contribution in [2.45, 2.75) is 6.54 Å². The van der Waals surface area contributed by atoms with Crippen LogP contribution in [-0.2, 0) is 11.3 Å². The fourth-order valence-electron chi connectivity index (χ4n) is 0.948. The van der Waals surface area contributed by atoms with Crippen LogP contribution in [0.3, 0.4) is 0 Å². The van der Waals surface area contributed by atoms with Crippen molar-refractivity contribution < 1.29 is 4.79 Å². The molecule has 1 aromatic carbocycles. The molecule has 0 bridgehead atoms. The van der Waals surface area contributed by atoms with Crippen LogP contribution in [-0.4, -0.2) is 5.91 Å². The normalized spacial score (nSPS) is 12.0. The molecule has 16 heavy (non-hydrogen) atoms. The summed E-state index contributed by atoms with van der Waals surface area (Å²) in [5.74, 6) is -0.0863. The predicted octanol–water partition coefficient (Wildman–Crippen LogP) is 4.39. The highest BCUT2D eigenvalue weighted by Gasteiger charge is 2.08. The van der Waals surface area contributed by atoms with Gasteiger partial charge in [0.1, 0.15) is 0 Å². The molecule has 0 aliphatic rings. The van der Waals surface area contributed by atoms with E-state index >= 15 is 0 Å². The van der Waals surface area contributed by atoms with Gasteiger partial charge in [-0.1, -0.05) is 23.7 Å². The average molecular weight is 526 g/mol. The molecule has 1 aromatic rings. The molecule has 2 nitrogen and oxygen atoms in total. The number of carbonyl (C=O) groups excluding carboxylic acids is 1. The summed E-state index contributed by atoms with van der Waals surface area (Å²) >= 11 is 13.1. The average Bonchev–Trinajstić information content (AvgIpc) is 2.26. The van der Waals surface area contributed by atoms with Crippen molar-refractivity contribution in [3.8, 4) is 0 Å². The van der Waals surface area contributed by atoms with Crippen LogP contribution < -0.4 is 5.32 Å². The molecule has 0 heterocycles. The molecule has 0 saturated carbocycles. The fraction of sp³-hybridized carbons (Fsp3) is 0.100. The molecule has 0 unspecified atom stereocenters. The molecule has 1 N–H and O–H groups in total. The number of amides is 1. The van der Waals surface area contributed by atoms with Gasteiger partial charge in [0.2, 0.25) is 0 Å². The van der Waals surface area contributed by atoms with Crippen LogP contribution in [0.25, 0.3) is 0 Å². The second-order valence-corrected chi connectivity index (χ2v) is 7.75. The summed E-state index contributed by atoms with van der Waals surface area (Å²) < 4.78 is 1.45. The maximum Gasteiger partial charge on any atom is 0.259 e. The van der Waals surface area contributed by atoms with E-state index in [2.05, 4.69) is 43.8 Å². The Labute approximate surface area is 135 Å². The minimum atomic E-state index is -0.0863. The first kappa shape index (κ1) is 14.7. The van der Waals surface area contributed by atoms with Crippen molar-refractivity contribution in [2.75, 3.05) is 0 Å². The first-order valence-corrected chi connectivity index (χ1v) is 7.57. The van der Waals surface area contributed by atoms with Gasteiger partial charge in [-0.05, 0) is 78.8 Å². The zero-order valence-corrected chi connectivity index (χ0v) is 14.6. The highest BCUT2D eigenvalue weighted by molar-refractivity contribution is 14.1. The molecule has 1 rings (SSSR count). The predicted molar refractivity (Wildman–Crippen MR) is 87.3 cm³/mol. The van der Waals surface area contributed by atoms with E-state index in [9.17, 15) is 4.79 Å². The van der Waals surface area contributed by atoms with Gasteiger partial charge in [0.05, 0.1) is 6.07 Å². The van der Waals surface area contributed by atoms with E-state index in [0.29, 0.717) is 15.1 Å². The highest BCUT2D eigenvalue weighted by Crippen LogP contribution is 2.24.